The van der Waals surface area contributed by atoms with E-state index < -0.39 is 0 Å². The summed E-state index contributed by atoms with van der Waals surface area (Å²) >= 11 is 0. The van der Waals surface area contributed by atoms with Gasteiger partial charge in [0.1, 0.15) is 0 Å². The highest BCUT2D eigenvalue weighted by atomic mass is 15.2. The van der Waals surface area contributed by atoms with E-state index in [-0.39, 0.29) is 5.41 Å². The maximum atomic E-state index is 5.68. The Labute approximate surface area is 86.1 Å². The largest absolute Gasteiger partial charge is 0.347 e. The third kappa shape index (κ3) is 1.02. The van der Waals surface area contributed by atoms with Crippen molar-refractivity contribution in [3.8, 4) is 0 Å². The third-order valence-corrected chi connectivity index (χ3v) is 3.10. The molecule has 0 unspecified atom stereocenters. The van der Waals surface area contributed by atoms with Crippen LogP contribution in [0.1, 0.15) is 19.4 Å². The van der Waals surface area contributed by atoms with Gasteiger partial charge in [-0.15, -0.1) is 0 Å². The summed E-state index contributed by atoms with van der Waals surface area (Å²) in [7, 11) is 2.06. The van der Waals surface area contributed by atoms with Crippen molar-refractivity contribution in [2.75, 3.05) is 11.9 Å². The number of hydrogen-bond acceptors (Lipinski definition) is 1. The standard InChI is InChI=1S/C13H15N/c1-5-12-13(2,3)10-8-6-7-9-11(10)14(12)4/h1,5-9H,2-4H3/b12-5-. The number of benzene rings is 1. The molecular weight excluding hydrogens is 170 g/mol. The topological polar surface area (TPSA) is 3.24 Å². The van der Waals surface area contributed by atoms with Crippen molar-refractivity contribution < 1.29 is 0 Å². The van der Waals surface area contributed by atoms with Gasteiger partial charge in [-0.2, -0.15) is 0 Å². The molecule has 0 spiro atoms. The second-order valence-electron chi connectivity index (χ2n) is 4.25. The molecule has 0 saturated carbocycles. The van der Waals surface area contributed by atoms with Crippen LogP contribution in [0.3, 0.4) is 0 Å². The Hall–Kier alpha value is -1.24. The maximum absolute atomic E-state index is 5.68. The van der Waals surface area contributed by atoms with Crippen LogP contribution < -0.4 is 4.90 Å². The Morgan fingerprint density at radius 3 is 2.50 bits per heavy atom. The molecule has 0 atom stereocenters. The van der Waals surface area contributed by atoms with Crippen LogP contribution in [0.15, 0.2) is 36.0 Å². The zero-order valence-corrected chi connectivity index (χ0v) is 8.91. The molecule has 1 aliphatic rings. The highest BCUT2D eigenvalue weighted by molar-refractivity contribution is 5.69. The fourth-order valence-corrected chi connectivity index (χ4v) is 2.30. The first-order valence-electron chi connectivity index (χ1n) is 4.84. The lowest BCUT2D eigenvalue weighted by Crippen LogP contribution is -2.22. The van der Waals surface area contributed by atoms with Crippen molar-refractivity contribution in [3.05, 3.63) is 48.5 Å². The van der Waals surface area contributed by atoms with Crippen LogP contribution in [0.25, 0.3) is 0 Å². The van der Waals surface area contributed by atoms with Gasteiger partial charge >= 0.3 is 0 Å². The first-order chi connectivity index (χ1) is 6.59. The Morgan fingerprint density at radius 2 is 1.93 bits per heavy atom. The number of rotatable bonds is 0. The first-order valence-corrected chi connectivity index (χ1v) is 4.84. The molecule has 2 radical (unpaired) electrons. The van der Waals surface area contributed by atoms with Gasteiger partial charge in [-0.05, 0) is 18.6 Å². The van der Waals surface area contributed by atoms with E-state index in [2.05, 4.69) is 50.1 Å². The molecule has 1 aromatic carbocycles. The molecule has 0 amide bonds. The number of fused-ring (bicyclic) bond motifs is 1. The second-order valence-corrected chi connectivity index (χ2v) is 4.25. The van der Waals surface area contributed by atoms with Crippen molar-refractivity contribution in [2.45, 2.75) is 19.3 Å². The smallest absolute Gasteiger partial charge is 0.0447 e. The Morgan fingerprint density at radius 1 is 1.29 bits per heavy atom. The normalized spacial score (nSPS) is 21.4. The van der Waals surface area contributed by atoms with Gasteiger partial charge in [0.05, 0.1) is 0 Å². The molecule has 1 heterocycles. The summed E-state index contributed by atoms with van der Waals surface area (Å²) in [6, 6.07) is 8.44. The number of para-hydroxylation sites is 1. The van der Waals surface area contributed by atoms with E-state index >= 15 is 0 Å². The molecule has 0 saturated heterocycles. The van der Waals surface area contributed by atoms with Crippen molar-refractivity contribution in [2.24, 2.45) is 0 Å². The van der Waals surface area contributed by atoms with Crippen LogP contribution in [0.4, 0.5) is 5.69 Å². The molecule has 72 valence electrons. The fraction of sp³-hybridized carbons (Fsp3) is 0.308. The minimum absolute atomic E-state index is 0.0279. The molecule has 0 bridgehead atoms. The second kappa shape index (κ2) is 2.88. The number of allylic oxidation sites excluding steroid dienone is 2. The zero-order valence-electron chi connectivity index (χ0n) is 8.91. The van der Waals surface area contributed by atoms with Gasteiger partial charge in [-0.3, -0.25) is 0 Å². The molecule has 2 rings (SSSR count). The van der Waals surface area contributed by atoms with Gasteiger partial charge in [-0.1, -0.05) is 38.1 Å². The molecule has 0 fully saturated rings. The molecule has 1 aromatic rings. The third-order valence-electron chi connectivity index (χ3n) is 3.10. The van der Waals surface area contributed by atoms with E-state index in [1.807, 2.05) is 0 Å². The lowest BCUT2D eigenvalue weighted by atomic mass is 9.84. The Balaban J connectivity index is 2.67. The average Bonchev–Trinajstić information content (AvgIpc) is 2.36. The highest BCUT2D eigenvalue weighted by Crippen LogP contribution is 2.46. The minimum atomic E-state index is 0.0279. The number of anilines is 1. The Kier molecular flexibility index (Phi) is 1.91. The van der Waals surface area contributed by atoms with Gasteiger partial charge in [-0.25, -0.2) is 0 Å². The summed E-state index contributed by atoms with van der Waals surface area (Å²) in [5.41, 5.74) is 3.80. The lowest BCUT2D eigenvalue weighted by Gasteiger charge is -2.23. The Bertz CT molecular complexity index is 388. The maximum Gasteiger partial charge on any atom is 0.0447 e. The van der Waals surface area contributed by atoms with Gasteiger partial charge < -0.3 is 4.90 Å². The number of hydrogen-bond donors (Lipinski definition) is 0. The van der Waals surface area contributed by atoms with Crippen LogP contribution in [-0.2, 0) is 5.41 Å². The van der Waals surface area contributed by atoms with E-state index in [9.17, 15) is 0 Å². The van der Waals surface area contributed by atoms with E-state index in [1.165, 1.54) is 16.9 Å². The monoisotopic (exact) mass is 185 g/mol. The van der Waals surface area contributed by atoms with Crippen molar-refractivity contribution in [1.29, 1.82) is 0 Å². The molecular formula is C13H15N. The predicted octanol–water partition coefficient (Wildman–Crippen LogP) is 3.01. The van der Waals surface area contributed by atoms with Crippen molar-refractivity contribution in [3.63, 3.8) is 0 Å². The molecule has 1 aliphatic heterocycles. The van der Waals surface area contributed by atoms with Crippen LogP contribution >= 0.6 is 0 Å². The lowest BCUT2D eigenvalue weighted by molar-refractivity contribution is 0.640. The summed E-state index contributed by atoms with van der Waals surface area (Å²) in [5, 5.41) is 0. The van der Waals surface area contributed by atoms with Crippen LogP contribution in [0.5, 0.6) is 0 Å². The fourth-order valence-electron chi connectivity index (χ4n) is 2.30. The first kappa shape index (κ1) is 9.32. The summed E-state index contributed by atoms with van der Waals surface area (Å²) in [6.45, 7) is 10.1. The van der Waals surface area contributed by atoms with E-state index in [1.54, 1.807) is 6.08 Å². The number of likely N-dealkylation sites (N-methyl/N-ethyl adjacent to an activating group) is 1. The summed E-state index contributed by atoms with van der Waals surface area (Å²) in [5.74, 6) is 0. The van der Waals surface area contributed by atoms with Crippen LogP contribution in [0.2, 0.25) is 0 Å². The van der Waals surface area contributed by atoms with E-state index in [4.69, 9.17) is 6.92 Å². The highest BCUT2D eigenvalue weighted by Gasteiger charge is 2.37. The predicted molar refractivity (Wildman–Crippen MR) is 60.3 cm³/mol. The van der Waals surface area contributed by atoms with Gasteiger partial charge in [0, 0.05) is 23.8 Å². The molecule has 1 nitrogen and oxygen atoms in total. The molecule has 0 N–H and O–H groups in total. The van der Waals surface area contributed by atoms with Gasteiger partial charge in [0.25, 0.3) is 0 Å². The minimum Gasteiger partial charge on any atom is -0.347 e. The van der Waals surface area contributed by atoms with Crippen molar-refractivity contribution in [1.82, 2.24) is 0 Å². The summed E-state index contributed by atoms with van der Waals surface area (Å²) in [6.07, 6.45) is 1.71. The van der Waals surface area contributed by atoms with Gasteiger partial charge in [0.15, 0.2) is 0 Å². The van der Waals surface area contributed by atoms with Crippen LogP contribution in [0, 0.1) is 6.92 Å². The van der Waals surface area contributed by atoms with Crippen molar-refractivity contribution >= 4 is 5.69 Å². The SMILES string of the molecule is [CH]/C=C1\N(C)c2ccccc2C1(C)C. The van der Waals surface area contributed by atoms with Gasteiger partial charge in [0.2, 0.25) is 0 Å². The van der Waals surface area contributed by atoms with E-state index in [0.29, 0.717) is 0 Å². The molecule has 1 heteroatoms. The summed E-state index contributed by atoms with van der Waals surface area (Å²) in [4.78, 5) is 2.16. The molecule has 14 heavy (non-hydrogen) atoms. The molecule has 0 aliphatic carbocycles. The average molecular weight is 185 g/mol. The quantitative estimate of drug-likeness (QED) is 0.600. The summed E-state index contributed by atoms with van der Waals surface area (Å²) < 4.78 is 0. The van der Waals surface area contributed by atoms with E-state index in [0.717, 1.165) is 0 Å². The molecule has 0 aromatic heterocycles. The zero-order chi connectivity index (χ0) is 10.3. The van der Waals surface area contributed by atoms with Crippen LogP contribution in [-0.4, -0.2) is 7.05 Å². The number of nitrogens with zero attached hydrogens (tertiary/aromatic N) is 1.